The third kappa shape index (κ3) is 12.3. The molecule has 0 heterocycles. The number of halogens is 1. The molecule has 2 aromatic carbocycles. The van der Waals surface area contributed by atoms with Crippen LogP contribution in [0.15, 0.2) is 60.7 Å². The fourth-order valence-electron chi connectivity index (χ4n) is 1.02. The molecule has 0 aliphatic carbocycles. The zero-order valence-electron chi connectivity index (χ0n) is 12.6. The van der Waals surface area contributed by atoms with Gasteiger partial charge < -0.3 is 5.32 Å². The van der Waals surface area contributed by atoms with Gasteiger partial charge in [0.2, 0.25) is 6.41 Å². The van der Waals surface area contributed by atoms with Gasteiger partial charge in [-0.05, 0) is 24.3 Å². The topological polar surface area (TPSA) is 29.1 Å². The lowest BCUT2D eigenvalue weighted by Crippen LogP contribution is -1.91. The van der Waals surface area contributed by atoms with Crippen LogP contribution in [0.5, 0.6) is 0 Å². The van der Waals surface area contributed by atoms with Crippen LogP contribution in [-0.2, 0) is 4.79 Å². The molecule has 0 unspecified atom stereocenters. The van der Waals surface area contributed by atoms with Crippen molar-refractivity contribution in [3.8, 4) is 0 Å². The molecule has 3 heteroatoms. The maximum absolute atomic E-state index is 11.9. The number of hydrogen-bond acceptors (Lipinski definition) is 1. The van der Waals surface area contributed by atoms with E-state index in [0.717, 1.165) is 5.69 Å². The molecule has 2 aromatic rings. The summed E-state index contributed by atoms with van der Waals surface area (Å²) in [6.45, 7) is 8.00. The number of rotatable bonds is 2. The van der Waals surface area contributed by atoms with Crippen molar-refractivity contribution >= 4 is 12.1 Å². The summed E-state index contributed by atoms with van der Waals surface area (Å²) < 4.78 is 11.9. The molecule has 0 saturated carbocycles. The maximum Gasteiger partial charge on any atom is 0.211 e. The molecule has 1 N–H and O–H groups in total. The molecule has 0 saturated heterocycles. The van der Waals surface area contributed by atoms with Crippen molar-refractivity contribution in [3.05, 3.63) is 66.5 Å². The molecule has 2 nitrogen and oxygen atoms in total. The summed E-state index contributed by atoms with van der Waals surface area (Å²) in [7, 11) is 0. The van der Waals surface area contributed by atoms with Gasteiger partial charge in [-0.2, -0.15) is 0 Å². The van der Waals surface area contributed by atoms with Crippen LogP contribution in [0.3, 0.4) is 0 Å². The Balaban J connectivity index is 0. The van der Waals surface area contributed by atoms with Crippen LogP contribution < -0.4 is 5.32 Å². The predicted octanol–water partition coefficient (Wildman–Crippen LogP) is 5.13. The standard InChI is InChI=1S/C7H7NO.C6H5F.2C2H6/c9-6-8-7-4-2-1-3-5-7;7-6-4-2-1-3-5-6;2*1-2/h1-6H,(H,8,9);1-5H;2*1-2H3. The molecule has 1 amide bonds. The summed E-state index contributed by atoms with van der Waals surface area (Å²) in [6, 6.07) is 17.2. The minimum Gasteiger partial charge on any atom is -0.329 e. The SMILES string of the molecule is CC.CC.Fc1ccccc1.O=CNc1ccccc1. The van der Waals surface area contributed by atoms with E-state index in [0.29, 0.717) is 6.41 Å². The highest BCUT2D eigenvalue weighted by Gasteiger charge is 1.81. The van der Waals surface area contributed by atoms with E-state index in [2.05, 4.69) is 5.32 Å². The molecular formula is C17H24FNO. The Morgan fingerprint density at radius 3 is 1.50 bits per heavy atom. The normalized spacial score (nSPS) is 7.45. The second kappa shape index (κ2) is 16.8. The van der Waals surface area contributed by atoms with E-state index in [4.69, 9.17) is 0 Å². The molecule has 0 aliphatic heterocycles. The Morgan fingerprint density at radius 2 is 1.20 bits per heavy atom. The Labute approximate surface area is 121 Å². The first-order chi connectivity index (χ1) is 9.83. The van der Waals surface area contributed by atoms with Crippen molar-refractivity contribution < 1.29 is 9.18 Å². The molecule has 0 atom stereocenters. The van der Waals surface area contributed by atoms with E-state index < -0.39 is 0 Å². The Morgan fingerprint density at radius 1 is 0.800 bits per heavy atom. The maximum atomic E-state index is 11.9. The van der Waals surface area contributed by atoms with E-state index in [-0.39, 0.29) is 5.82 Å². The molecule has 0 aromatic heterocycles. The molecule has 0 bridgehead atoms. The van der Waals surface area contributed by atoms with Crippen LogP contribution in [0.4, 0.5) is 10.1 Å². The Kier molecular flexibility index (Phi) is 17.0. The van der Waals surface area contributed by atoms with Crippen LogP contribution in [-0.4, -0.2) is 6.41 Å². The lowest BCUT2D eigenvalue weighted by molar-refractivity contribution is -0.105. The van der Waals surface area contributed by atoms with Crippen LogP contribution in [0, 0.1) is 5.82 Å². The van der Waals surface area contributed by atoms with E-state index in [1.165, 1.54) is 12.1 Å². The fraction of sp³-hybridized carbons (Fsp3) is 0.235. The van der Waals surface area contributed by atoms with Crippen LogP contribution in [0.1, 0.15) is 27.7 Å². The number of carbonyl (C=O) groups is 1. The quantitative estimate of drug-likeness (QED) is 0.757. The largest absolute Gasteiger partial charge is 0.329 e. The van der Waals surface area contributed by atoms with Gasteiger partial charge in [0.25, 0.3) is 0 Å². The summed E-state index contributed by atoms with van der Waals surface area (Å²) in [5, 5.41) is 2.53. The van der Waals surface area contributed by atoms with E-state index >= 15 is 0 Å². The highest BCUT2D eigenvalue weighted by molar-refractivity contribution is 5.70. The van der Waals surface area contributed by atoms with Crippen molar-refractivity contribution in [2.75, 3.05) is 5.32 Å². The van der Waals surface area contributed by atoms with Crippen molar-refractivity contribution in [2.24, 2.45) is 0 Å². The van der Waals surface area contributed by atoms with Crippen LogP contribution >= 0.6 is 0 Å². The number of anilines is 1. The van der Waals surface area contributed by atoms with Gasteiger partial charge in [0.05, 0.1) is 0 Å². The Hall–Kier alpha value is -2.16. The number of amides is 1. The van der Waals surface area contributed by atoms with Gasteiger partial charge in [-0.15, -0.1) is 0 Å². The molecule has 0 fully saturated rings. The van der Waals surface area contributed by atoms with Crippen molar-refractivity contribution in [1.82, 2.24) is 0 Å². The van der Waals surface area contributed by atoms with Gasteiger partial charge in [-0.1, -0.05) is 64.1 Å². The highest BCUT2D eigenvalue weighted by atomic mass is 19.1. The molecule has 20 heavy (non-hydrogen) atoms. The second-order valence-corrected chi connectivity index (χ2v) is 2.92. The van der Waals surface area contributed by atoms with Gasteiger partial charge in [0.1, 0.15) is 5.82 Å². The minimum atomic E-state index is -0.178. The monoisotopic (exact) mass is 277 g/mol. The van der Waals surface area contributed by atoms with Crippen LogP contribution in [0.2, 0.25) is 0 Å². The van der Waals surface area contributed by atoms with Gasteiger partial charge in [0, 0.05) is 5.69 Å². The molecule has 0 radical (unpaired) electrons. The third-order valence-electron chi connectivity index (χ3n) is 1.73. The van der Waals surface area contributed by atoms with Crippen molar-refractivity contribution in [3.63, 3.8) is 0 Å². The minimum absolute atomic E-state index is 0.178. The Bertz CT molecular complexity index is 404. The third-order valence-corrected chi connectivity index (χ3v) is 1.73. The number of nitrogens with one attached hydrogen (secondary N) is 1. The summed E-state index contributed by atoms with van der Waals surface area (Å²) in [5.41, 5.74) is 0.826. The van der Waals surface area contributed by atoms with Crippen molar-refractivity contribution in [1.29, 1.82) is 0 Å². The highest BCUT2D eigenvalue weighted by Crippen LogP contribution is 2.01. The van der Waals surface area contributed by atoms with E-state index in [1.54, 1.807) is 18.2 Å². The molecule has 110 valence electrons. The van der Waals surface area contributed by atoms with Gasteiger partial charge >= 0.3 is 0 Å². The first-order valence-electron chi connectivity index (χ1n) is 6.78. The van der Waals surface area contributed by atoms with Gasteiger partial charge in [-0.25, -0.2) is 4.39 Å². The van der Waals surface area contributed by atoms with Gasteiger partial charge in [-0.3, -0.25) is 4.79 Å². The molecular weight excluding hydrogens is 253 g/mol. The fourth-order valence-corrected chi connectivity index (χ4v) is 1.02. The summed E-state index contributed by atoms with van der Waals surface area (Å²) in [4.78, 5) is 9.86. The molecule has 2 rings (SSSR count). The van der Waals surface area contributed by atoms with Crippen LogP contribution in [0.25, 0.3) is 0 Å². The number of benzene rings is 2. The average molecular weight is 277 g/mol. The molecule has 0 aliphatic rings. The first-order valence-corrected chi connectivity index (χ1v) is 6.78. The smallest absolute Gasteiger partial charge is 0.211 e. The number of hydrogen-bond donors (Lipinski definition) is 1. The summed E-state index contributed by atoms with van der Waals surface area (Å²) >= 11 is 0. The predicted molar refractivity (Wildman–Crippen MR) is 85.2 cm³/mol. The van der Waals surface area contributed by atoms with Gasteiger partial charge in [0.15, 0.2) is 0 Å². The lowest BCUT2D eigenvalue weighted by Gasteiger charge is -1.93. The van der Waals surface area contributed by atoms with E-state index in [9.17, 15) is 9.18 Å². The number of para-hydroxylation sites is 1. The number of carbonyl (C=O) groups excluding carboxylic acids is 1. The molecule has 0 spiro atoms. The average Bonchev–Trinajstić information content (AvgIpc) is 2.54. The summed E-state index contributed by atoms with van der Waals surface area (Å²) in [5.74, 6) is -0.178. The lowest BCUT2D eigenvalue weighted by atomic mass is 10.3. The zero-order valence-corrected chi connectivity index (χ0v) is 12.6. The first kappa shape index (κ1) is 20.2. The van der Waals surface area contributed by atoms with E-state index in [1.807, 2.05) is 58.0 Å². The second-order valence-electron chi connectivity index (χ2n) is 2.92. The van der Waals surface area contributed by atoms with Crippen molar-refractivity contribution in [2.45, 2.75) is 27.7 Å². The zero-order chi connectivity index (χ0) is 15.6. The summed E-state index contributed by atoms with van der Waals surface area (Å²) in [6.07, 6.45) is 0.662.